The van der Waals surface area contributed by atoms with Crippen LogP contribution in [0.1, 0.15) is 12.0 Å². The average Bonchev–Trinajstić information content (AvgIpc) is 2.38. The normalized spacial score (nSPS) is 11.6. The summed E-state index contributed by atoms with van der Waals surface area (Å²) in [6.07, 6.45) is 0.426. The molecule has 0 heterocycles. The third-order valence-electron chi connectivity index (χ3n) is 2.11. The Bertz CT molecular complexity index is 328. The van der Waals surface area contributed by atoms with E-state index in [4.69, 9.17) is 20.4 Å². The van der Waals surface area contributed by atoms with Crippen LogP contribution in [0.5, 0.6) is 0 Å². The molecule has 17 heavy (non-hydrogen) atoms. The number of amidine groups is 1. The van der Waals surface area contributed by atoms with Crippen molar-refractivity contribution in [3.63, 3.8) is 0 Å². The third kappa shape index (κ3) is 6.55. The quantitative estimate of drug-likeness (QED) is 0.236. The van der Waals surface area contributed by atoms with Crippen LogP contribution >= 0.6 is 0 Å². The van der Waals surface area contributed by atoms with Gasteiger partial charge in [-0.3, -0.25) is 0 Å². The summed E-state index contributed by atoms with van der Waals surface area (Å²) >= 11 is 0. The van der Waals surface area contributed by atoms with Crippen LogP contribution in [0.4, 0.5) is 0 Å². The van der Waals surface area contributed by atoms with Gasteiger partial charge < -0.3 is 20.4 Å². The number of hydrogen-bond acceptors (Lipinski definition) is 4. The Hall–Kier alpha value is -1.59. The van der Waals surface area contributed by atoms with Crippen molar-refractivity contribution in [2.24, 2.45) is 10.9 Å². The molecule has 5 heteroatoms. The van der Waals surface area contributed by atoms with E-state index in [1.807, 2.05) is 30.3 Å². The van der Waals surface area contributed by atoms with Gasteiger partial charge in [0.15, 0.2) is 0 Å². The van der Waals surface area contributed by atoms with Gasteiger partial charge in [0, 0.05) is 6.42 Å². The van der Waals surface area contributed by atoms with Crippen molar-refractivity contribution in [2.45, 2.75) is 13.0 Å². The van der Waals surface area contributed by atoms with E-state index in [1.54, 1.807) is 0 Å². The van der Waals surface area contributed by atoms with E-state index in [0.29, 0.717) is 32.8 Å². The molecule has 0 radical (unpaired) electrons. The standard InChI is InChI=1S/C12H18N2O3/c13-12(14-15)6-7-16-8-9-17-10-11-4-2-1-3-5-11/h1-5,15H,6-10H2,(H2,13,14). The lowest BCUT2D eigenvalue weighted by atomic mass is 10.2. The molecule has 3 N–H and O–H groups in total. The van der Waals surface area contributed by atoms with E-state index < -0.39 is 0 Å². The lowest BCUT2D eigenvalue weighted by Crippen LogP contribution is -2.15. The zero-order valence-corrected chi connectivity index (χ0v) is 9.71. The number of benzene rings is 1. The zero-order valence-electron chi connectivity index (χ0n) is 9.71. The second-order valence-corrected chi connectivity index (χ2v) is 3.49. The smallest absolute Gasteiger partial charge is 0.141 e. The van der Waals surface area contributed by atoms with Gasteiger partial charge in [0.1, 0.15) is 5.84 Å². The Labute approximate surface area is 101 Å². The summed E-state index contributed by atoms with van der Waals surface area (Å²) in [6, 6.07) is 9.96. The second kappa shape index (κ2) is 8.55. The highest BCUT2D eigenvalue weighted by Gasteiger charge is 1.95. The topological polar surface area (TPSA) is 77.1 Å². The lowest BCUT2D eigenvalue weighted by molar-refractivity contribution is 0.0428. The highest BCUT2D eigenvalue weighted by Crippen LogP contribution is 1.99. The Morgan fingerprint density at radius 1 is 1.12 bits per heavy atom. The Morgan fingerprint density at radius 3 is 2.53 bits per heavy atom. The molecule has 0 aliphatic rings. The van der Waals surface area contributed by atoms with Crippen LogP contribution < -0.4 is 5.73 Å². The largest absolute Gasteiger partial charge is 0.409 e. The molecular weight excluding hydrogens is 220 g/mol. The maximum atomic E-state index is 8.28. The number of nitrogens with two attached hydrogens (primary N) is 1. The predicted molar refractivity (Wildman–Crippen MR) is 64.9 cm³/mol. The molecule has 0 amide bonds. The molecule has 1 aromatic carbocycles. The fraction of sp³-hybridized carbons (Fsp3) is 0.417. The van der Waals surface area contributed by atoms with Crippen molar-refractivity contribution in [3.05, 3.63) is 35.9 Å². The van der Waals surface area contributed by atoms with E-state index in [0.717, 1.165) is 5.56 Å². The fourth-order valence-corrected chi connectivity index (χ4v) is 1.21. The summed E-state index contributed by atoms with van der Waals surface area (Å²) in [4.78, 5) is 0. The molecule has 0 aliphatic carbocycles. The maximum absolute atomic E-state index is 8.28. The van der Waals surface area contributed by atoms with Crippen LogP contribution in [0, 0.1) is 0 Å². The molecule has 0 bridgehead atoms. The van der Waals surface area contributed by atoms with Gasteiger partial charge >= 0.3 is 0 Å². The van der Waals surface area contributed by atoms with Gasteiger partial charge in [-0.25, -0.2) is 0 Å². The molecule has 0 saturated carbocycles. The Kier molecular flexibility index (Phi) is 6.78. The number of hydrogen-bond donors (Lipinski definition) is 2. The maximum Gasteiger partial charge on any atom is 0.141 e. The van der Waals surface area contributed by atoms with Crippen LogP contribution in [0.15, 0.2) is 35.5 Å². The lowest BCUT2D eigenvalue weighted by Gasteiger charge is -2.05. The van der Waals surface area contributed by atoms with Crippen molar-refractivity contribution in [2.75, 3.05) is 19.8 Å². The molecule has 0 aromatic heterocycles. The first-order valence-corrected chi connectivity index (χ1v) is 5.48. The number of oxime groups is 1. The number of nitrogens with zero attached hydrogens (tertiary/aromatic N) is 1. The highest BCUT2D eigenvalue weighted by molar-refractivity contribution is 5.79. The van der Waals surface area contributed by atoms with Crippen LogP contribution in [0.2, 0.25) is 0 Å². The van der Waals surface area contributed by atoms with Crippen LogP contribution in [0.3, 0.4) is 0 Å². The highest BCUT2D eigenvalue weighted by atomic mass is 16.5. The van der Waals surface area contributed by atoms with E-state index in [9.17, 15) is 0 Å². The summed E-state index contributed by atoms with van der Waals surface area (Å²) in [6.45, 7) is 2.06. The summed E-state index contributed by atoms with van der Waals surface area (Å²) in [5, 5.41) is 11.1. The first-order valence-electron chi connectivity index (χ1n) is 5.48. The number of rotatable bonds is 8. The van der Waals surface area contributed by atoms with Gasteiger partial charge in [-0.1, -0.05) is 35.5 Å². The van der Waals surface area contributed by atoms with Crippen LogP contribution in [-0.4, -0.2) is 30.9 Å². The molecule has 5 nitrogen and oxygen atoms in total. The van der Waals surface area contributed by atoms with Crippen LogP contribution in [0.25, 0.3) is 0 Å². The minimum atomic E-state index is 0.176. The fourth-order valence-electron chi connectivity index (χ4n) is 1.21. The van der Waals surface area contributed by atoms with Gasteiger partial charge in [0.25, 0.3) is 0 Å². The molecule has 94 valence electrons. The van der Waals surface area contributed by atoms with E-state index in [1.165, 1.54) is 0 Å². The number of ether oxygens (including phenoxy) is 2. The van der Waals surface area contributed by atoms with Crippen LogP contribution in [-0.2, 0) is 16.1 Å². The van der Waals surface area contributed by atoms with Gasteiger partial charge in [-0.2, -0.15) is 0 Å². The van der Waals surface area contributed by atoms with Crippen molar-refractivity contribution in [1.29, 1.82) is 0 Å². The van der Waals surface area contributed by atoms with E-state index >= 15 is 0 Å². The molecule has 1 rings (SSSR count). The Balaban J connectivity index is 1.95. The molecule has 1 aromatic rings. The monoisotopic (exact) mass is 238 g/mol. The van der Waals surface area contributed by atoms with Crippen molar-refractivity contribution >= 4 is 5.84 Å². The average molecular weight is 238 g/mol. The van der Waals surface area contributed by atoms with Gasteiger partial charge in [-0.05, 0) is 5.56 Å². The minimum absolute atomic E-state index is 0.176. The summed E-state index contributed by atoms with van der Waals surface area (Å²) < 4.78 is 10.7. The zero-order chi connectivity index (χ0) is 12.3. The van der Waals surface area contributed by atoms with Crippen molar-refractivity contribution in [3.8, 4) is 0 Å². The third-order valence-corrected chi connectivity index (χ3v) is 2.11. The summed E-state index contributed by atoms with van der Waals surface area (Å²) in [5.41, 5.74) is 6.42. The van der Waals surface area contributed by atoms with E-state index in [-0.39, 0.29) is 5.84 Å². The van der Waals surface area contributed by atoms with Crippen molar-refractivity contribution < 1.29 is 14.7 Å². The first-order chi connectivity index (χ1) is 8.33. The minimum Gasteiger partial charge on any atom is -0.409 e. The molecule has 0 saturated heterocycles. The van der Waals surface area contributed by atoms with Crippen molar-refractivity contribution in [1.82, 2.24) is 0 Å². The first kappa shape index (κ1) is 13.5. The second-order valence-electron chi connectivity index (χ2n) is 3.49. The SMILES string of the molecule is N/C(CCOCCOCc1ccccc1)=N/O. The van der Waals surface area contributed by atoms with Gasteiger partial charge in [-0.15, -0.1) is 0 Å². The van der Waals surface area contributed by atoms with Gasteiger partial charge in [0.2, 0.25) is 0 Å². The van der Waals surface area contributed by atoms with E-state index in [2.05, 4.69) is 5.16 Å². The molecule has 0 unspecified atom stereocenters. The predicted octanol–water partition coefficient (Wildman–Crippen LogP) is 1.36. The summed E-state index contributed by atoms with van der Waals surface area (Å²) in [5.74, 6) is 0.176. The van der Waals surface area contributed by atoms with Gasteiger partial charge in [0.05, 0.1) is 26.4 Å². The molecule has 0 spiro atoms. The molecular formula is C12H18N2O3. The summed E-state index contributed by atoms with van der Waals surface area (Å²) in [7, 11) is 0. The molecule has 0 aliphatic heterocycles. The Morgan fingerprint density at radius 2 is 1.82 bits per heavy atom. The molecule has 0 atom stereocenters. The molecule has 0 fully saturated rings.